The highest BCUT2D eigenvalue weighted by Gasteiger charge is 2.13. The Balaban J connectivity index is 1.98. The molecule has 1 aromatic rings. The van der Waals surface area contributed by atoms with E-state index in [1.54, 1.807) is 24.9 Å². The van der Waals surface area contributed by atoms with Gasteiger partial charge in [0.2, 0.25) is 5.91 Å². The Morgan fingerprint density at radius 1 is 1.60 bits per heavy atom. The van der Waals surface area contributed by atoms with Gasteiger partial charge in [-0.05, 0) is 18.6 Å². The van der Waals surface area contributed by atoms with Gasteiger partial charge in [0.1, 0.15) is 10.1 Å². The number of thioether (sulfide) groups is 2. The number of methoxy groups -OCH3 is 1. The van der Waals surface area contributed by atoms with Crippen LogP contribution in [0.1, 0.15) is 5.56 Å². The van der Waals surface area contributed by atoms with Crippen LogP contribution in [0.3, 0.4) is 0 Å². The number of aliphatic imine (C=N–C) groups is 1. The van der Waals surface area contributed by atoms with Crippen molar-refractivity contribution in [2.24, 2.45) is 4.99 Å². The SMILES string of the molecule is COc1cc(Cl)c(C)cc1NC(=O)CSC1=NCCS1. The van der Waals surface area contributed by atoms with E-state index in [9.17, 15) is 4.79 Å². The maximum absolute atomic E-state index is 11.9. The van der Waals surface area contributed by atoms with E-state index in [4.69, 9.17) is 16.3 Å². The number of aryl methyl sites for hydroxylation is 1. The summed E-state index contributed by atoms with van der Waals surface area (Å²) < 4.78 is 6.21. The minimum Gasteiger partial charge on any atom is -0.495 e. The van der Waals surface area contributed by atoms with Crippen LogP contribution in [-0.2, 0) is 4.79 Å². The summed E-state index contributed by atoms with van der Waals surface area (Å²) in [7, 11) is 1.55. The van der Waals surface area contributed by atoms with E-state index in [2.05, 4.69) is 10.3 Å². The first-order chi connectivity index (χ1) is 9.60. The van der Waals surface area contributed by atoms with Gasteiger partial charge in [-0.15, -0.1) is 0 Å². The molecule has 1 heterocycles. The second-order valence-electron chi connectivity index (χ2n) is 4.13. The van der Waals surface area contributed by atoms with E-state index in [1.807, 2.05) is 13.0 Å². The van der Waals surface area contributed by atoms with Crippen LogP contribution in [0.2, 0.25) is 5.02 Å². The van der Waals surface area contributed by atoms with Gasteiger partial charge in [0, 0.05) is 16.8 Å². The number of hydrogen-bond acceptors (Lipinski definition) is 5. The lowest BCUT2D eigenvalue weighted by Crippen LogP contribution is -2.15. The van der Waals surface area contributed by atoms with E-state index < -0.39 is 0 Å². The van der Waals surface area contributed by atoms with Crippen LogP contribution in [0.4, 0.5) is 5.69 Å². The van der Waals surface area contributed by atoms with Crippen molar-refractivity contribution in [3.8, 4) is 5.75 Å². The monoisotopic (exact) mass is 330 g/mol. The van der Waals surface area contributed by atoms with E-state index >= 15 is 0 Å². The number of carbonyl (C=O) groups is 1. The van der Waals surface area contributed by atoms with Crippen molar-refractivity contribution in [2.75, 3.05) is 30.5 Å². The molecule has 0 saturated heterocycles. The minimum atomic E-state index is -0.0785. The number of hydrogen-bond donors (Lipinski definition) is 1. The first kappa shape index (κ1) is 15.5. The smallest absolute Gasteiger partial charge is 0.234 e. The molecule has 1 aliphatic heterocycles. The number of halogens is 1. The molecule has 4 nitrogen and oxygen atoms in total. The van der Waals surface area contributed by atoms with Gasteiger partial charge in [0.15, 0.2) is 0 Å². The van der Waals surface area contributed by atoms with Gasteiger partial charge < -0.3 is 10.1 Å². The van der Waals surface area contributed by atoms with Crippen molar-refractivity contribution < 1.29 is 9.53 Å². The molecule has 0 unspecified atom stereocenters. The molecule has 7 heteroatoms. The molecule has 20 heavy (non-hydrogen) atoms. The average Bonchev–Trinajstić information content (AvgIpc) is 2.93. The normalized spacial score (nSPS) is 14.1. The summed E-state index contributed by atoms with van der Waals surface area (Å²) >= 11 is 9.19. The first-order valence-corrected chi connectivity index (χ1v) is 8.39. The van der Waals surface area contributed by atoms with Gasteiger partial charge in [0.25, 0.3) is 0 Å². The van der Waals surface area contributed by atoms with Crippen molar-refractivity contribution in [2.45, 2.75) is 6.92 Å². The van der Waals surface area contributed by atoms with Gasteiger partial charge >= 0.3 is 0 Å². The van der Waals surface area contributed by atoms with Crippen LogP contribution < -0.4 is 10.1 Å². The zero-order valence-corrected chi connectivity index (χ0v) is 13.6. The fourth-order valence-electron chi connectivity index (χ4n) is 1.65. The molecular weight excluding hydrogens is 316 g/mol. The van der Waals surface area contributed by atoms with E-state index in [-0.39, 0.29) is 5.91 Å². The number of benzene rings is 1. The van der Waals surface area contributed by atoms with Crippen LogP contribution in [0.15, 0.2) is 17.1 Å². The predicted octanol–water partition coefficient (Wildman–Crippen LogP) is 3.43. The highest BCUT2D eigenvalue weighted by Crippen LogP contribution is 2.31. The standard InChI is InChI=1S/C13H15ClN2O2S2/c1-8-5-10(11(18-2)6-9(8)14)16-12(17)7-20-13-15-3-4-19-13/h5-6H,3-4,7H2,1-2H3,(H,16,17). The lowest BCUT2D eigenvalue weighted by molar-refractivity contribution is -0.113. The third-order valence-electron chi connectivity index (χ3n) is 2.64. The maximum Gasteiger partial charge on any atom is 0.234 e. The van der Waals surface area contributed by atoms with Crippen LogP contribution in [0.25, 0.3) is 0 Å². The van der Waals surface area contributed by atoms with E-state index in [0.29, 0.717) is 22.2 Å². The third-order valence-corrected chi connectivity index (χ3v) is 5.30. The fraction of sp³-hybridized carbons (Fsp3) is 0.385. The Kier molecular flexibility index (Phi) is 5.63. The molecule has 0 fully saturated rings. The van der Waals surface area contributed by atoms with Crippen LogP contribution in [0.5, 0.6) is 5.75 Å². The Labute approximate surface area is 131 Å². The summed E-state index contributed by atoms with van der Waals surface area (Å²) in [5, 5.41) is 3.46. The summed E-state index contributed by atoms with van der Waals surface area (Å²) in [6.45, 7) is 2.73. The van der Waals surface area contributed by atoms with E-state index in [1.165, 1.54) is 11.8 Å². The van der Waals surface area contributed by atoms with Crippen molar-refractivity contribution >= 4 is 51.1 Å². The van der Waals surface area contributed by atoms with Crippen molar-refractivity contribution in [1.82, 2.24) is 0 Å². The topological polar surface area (TPSA) is 50.7 Å². The average molecular weight is 331 g/mol. The summed E-state index contributed by atoms with van der Waals surface area (Å²) in [5.41, 5.74) is 1.53. The molecule has 0 atom stereocenters. The Hall–Kier alpha value is -0.850. The van der Waals surface area contributed by atoms with Gasteiger partial charge in [0.05, 0.1) is 25.1 Å². The van der Waals surface area contributed by atoms with Gasteiger partial charge in [-0.2, -0.15) is 0 Å². The molecule has 0 saturated carbocycles. The third kappa shape index (κ3) is 4.07. The summed E-state index contributed by atoms with van der Waals surface area (Å²) in [5.74, 6) is 1.84. The van der Waals surface area contributed by atoms with Gasteiger partial charge in [-0.25, -0.2) is 0 Å². The molecule has 1 aliphatic rings. The number of nitrogens with zero attached hydrogens (tertiary/aromatic N) is 1. The molecular formula is C13H15ClN2O2S2. The molecule has 0 radical (unpaired) electrons. The second-order valence-corrected chi connectivity index (χ2v) is 6.85. The number of carbonyl (C=O) groups excluding carboxylic acids is 1. The summed E-state index contributed by atoms with van der Waals surface area (Å²) in [6.07, 6.45) is 0. The lowest BCUT2D eigenvalue weighted by Gasteiger charge is -2.12. The van der Waals surface area contributed by atoms with Crippen LogP contribution in [0, 0.1) is 6.92 Å². The first-order valence-electron chi connectivity index (χ1n) is 6.04. The second kappa shape index (κ2) is 7.24. The van der Waals surface area contributed by atoms with Gasteiger partial charge in [-0.1, -0.05) is 35.1 Å². The largest absolute Gasteiger partial charge is 0.495 e. The number of rotatable bonds is 4. The molecule has 108 valence electrons. The predicted molar refractivity (Wildman–Crippen MR) is 88.6 cm³/mol. The van der Waals surface area contributed by atoms with Gasteiger partial charge in [-0.3, -0.25) is 9.79 Å². The highest BCUT2D eigenvalue weighted by atomic mass is 35.5. The van der Waals surface area contributed by atoms with E-state index in [0.717, 1.165) is 22.2 Å². The Morgan fingerprint density at radius 2 is 2.40 bits per heavy atom. The van der Waals surface area contributed by atoms with Crippen molar-refractivity contribution in [1.29, 1.82) is 0 Å². The molecule has 0 aliphatic carbocycles. The highest BCUT2D eigenvalue weighted by molar-refractivity contribution is 8.39. The fourth-order valence-corrected chi connectivity index (χ4v) is 3.61. The molecule has 1 N–H and O–H groups in total. The molecule has 0 aromatic heterocycles. The van der Waals surface area contributed by atoms with Crippen molar-refractivity contribution in [3.63, 3.8) is 0 Å². The minimum absolute atomic E-state index is 0.0785. The maximum atomic E-state index is 11.9. The number of ether oxygens (including phenoxy) is 1. The molecule has 0 spiro atoms. The zero-order valence-electron chi connectivity index (χ0n) is 11.2. The lowest BCUT2D eigenvalue weighted by atomic mass is 10.2. The number of amides is 1. The van der Waals surface area contributed by atoms with Crippen molar-refractivity contribution in [3.05, 3.63) is 22.7 Å². The molecule has 1 amide bonds. The molecule has 2 rings (SSSR count). The Bertz CT molecular complexity index is 549. The van der Waals surface area contributed by atoms with Crippen LogP contribution >= 0.6 is 35.1 Å². The summed E-state index contributed by atoms with van der Waals surface area (Å²) in [6, 6.07) is 3.52. The number of nitrogens with one attached hydrogen (secondary N) is 1. The molecule has 0 bridgehead atoms. The Morgan fingerprint density at radius 3 is 3.05 bits per heavy atom. The summed E-state index contributed by atoms with van der Waals surface area (Å²) in [4.78, 5) is 16.2. The number of anilines is 1. The quantitative estimate of drug-likeness (QED) is 0.919. The zero-order chi connectivity index (χ0) is 14.5. The molecule has 1 aromatic carbocycles. The van der Waals surface area contributed by atoms with Crippen LogP contribution in [-0.4, -0.2) is 35.4 Å².